The van der Waals surface area contributed by atoms with Crippen molar-refractivity contribution in [3.8, 4) is 0 Å². The average Bonchev–Trinajstić information content (AvgIpc) is 2.86. The molecule has 0 aliphatic carbocycles. The van der Waals surface area contributed by atoms with Crippen LogP contribution >= 0.6 is 0 Å². The Morgan fingerprint density at radius 3 is 1.73 bits per heavy atom. The zero-order chi connectivity index (χ0) is 29.9. The van der Waals surface area contributed by atoms with Gasteiger partial charge >= 0.3 is 0 Å². The van der Waals surface area contributed by atoms with E-state index in [0.717, 1.165) is 12.1 Å². The molecule has 0 aliphatic rings. The second kappa shape index (κ2) is 28.5. The van der Waals surface area contributed by atoms with Crippen molar-refractivity contribution in [1.82, 2.24) is 0 Å². The number of hydrogen-bond donors (Lipinski definition) is 1. The molecule has 216 valence electrons. The molecule has 0 radical (unpaired) electrons. The smallest absolute Gasteiger partial charge is 0.00110 e. The largest absolute Gasteiger partial charge is 0.403 e. The Kier molecular flexibility index (Phi) is 32.5. The zero-order valence-corrected chi connectivity index (χ0v) is 27.7. The molecule has 0 aliphatic heterocycles. The van der Waals surface area contributed by atoms with Crippen LogP contribution in [0.5, 0.6) is 0 Å². The summed E-state index contributed by atoms with van der Waals surface area (Å²) < 4.78 is 0. The number of aryl methyl sites for hydroxylation is 1. The molecule has 0 amide bonds. The minimum absolute atomic E-state index is 0.420. The van der Waals surface area contributed by atoms with Gasteiger partial charge < -0.3 is 5.73 Å². The van der Waals surface area contributed by atoms with Crippen LogP contribution in [0.1, 0.15) is 139 Å². The van der Waals surface area contributed by atoms with Crippen molar-refractivity contribution >= 4 is 0 Å². The second-order valence-electron chi connectivity index (χ2n) is 9.78. The molecular formula is C36H67N. The molecule has 0 bridgehead atoms. The molecule has 1 nitrogen and oxygen atoms in total. The van der Waals surface area contributed by atoms with E-state index < -0.39 is 0 Å². The van der Waals surface area contributed by atoms with Crippen LogP contribution < -0.4 is 5.73 Å². The van der Waals surface area contributed by atoms with Crippen molar-refractivity contribution < 1.29 is 0 Å². The van der Waals surface area contributed by atoms with Gasteiger partial charge in [0.2, 0.25) is 0 Å². The number of rotatable bonds is 10. The first-order valence-corrected chi connectivity index (χ1v) is 14.9. The molecule has 1 aromatic carbocycles. The van der Waals surface area contributed by atoms with Gasteiger partial charge in [-0.2, -0.15) is 0 Å². The fourth-order valence-corrected chi connectivity index (χ4v) is 4.17. The van der Waals surface area contributed by atoms with E-state index in [0.29, 0.717) is 17.3 Å². The number of hydrogen-bond acceptors (Lipinski definition) is 1. The van der Waals surface area contributed by atoms with Crippen LogP contribution in [-0.4, -0.2) is 0 Å². The Bertz CT molecular complexity index is 693. The summed E-state index contributed by atoms with van der Waals surface area (Å²) in [5.74, 6) is 1.13. The molecule has 0 spiro atoms. The highest BCUT2D eigenvalue weighted by atomic mass is 14.5. The molecular weight excluding hydrogens is 446 g/mol. The van der Waals surface area contributed by atoms with Gasteiger partial charge in [-0.05, 0) is 76.7 Å². The van der Waals surface area contributed by atoms with E-state index in [1.54, 1.807) is 6.08 Å². The standard InChI is InChI=1S/C15H23N.C14H26.C3H6.2C2H6/c1-11-5-7-15(8-6-11)13(3)9-12(2)10-14(4)16;1-6-9-10-13(4)14(5,11-7-2)12-8-3;1-3-2;2*1-2/h5-8,10,12-13H,9,16H2,1-4H3;6,9-10H,7-8,11-12H2,1-5H3;3H,1H2,2H3;2*1-2H3/b14-10-;9-6-,13-10+;;;. The third-order valence-electron chi connectivity index (χ3n) is 6.01. The van der Waals surface area contributed by atoms with Crippen LogP contribution in [0, 0.1) is 18.3 Å². The molecule has 1 aromatic rings. The highest BCUT2D eigenvalue weighted by molar-refractivity contribution is 5.24. The molecule has 0 saturated heterocycles. The number of allylic oxidation sites excluding steroid dienone is 7. The zero-order valence-electron chi connectivity index (χ0n) is 27.7. The minimum atomic E-state index is 0.420. The summed E-state index contributed by atoms with van der Waals surface area (Å²) in [6.45, 7) is 33.1. The van der Waals surface area contributed by atoms with E-state index in [4.69, 9.17) is 5.73 Å². The molecule has 1 rings (SSSR count). The molecule has 0 fully saturated rings. The monoisotopic (exact) mass is 514 g/mol. The molecule has 2 unspecified atom stereocenters. The fraction of sp³-hybridized carbons (Fsp3) is 0.611. The lowest BCUT2D eigenvalue weighted by atomic mass is 9.75. The Morgan fingerprint density at radius 1 is 0.946 bits per heavy atom. The van der Waals surface area contributed by atoms with Gasteiger partial charge in [0.05, 0.1) is 0 Å². The van der Waals surface area contributed by atoms with E-state index in [1.165, 1.54) is 42.4 Å². The lowest BCUT2D eigenvalue weighted by molar-refractivity contribution is 0.328. The minimum Gasteiger partial charge on any atom is -0.403 e. The van der Waals surface area contributed by atoms with Gasteiger partial charge in [-0.1, -0.05) is 141 Å². The maximum atomic E-state index is 5.69. The first-order chi connectivity index (χ1) is 17.5. The molecule has 37 heavy (non-hydrogen) atoms. The molecule has 0 saturated carbocycles. The molecule has 0 heterocycles. The Balaban J connectivity index is -0.000000238. The van der Waals surface area contributed by atoms with Gasteiger partial charge in [0, 0.05) is 5.70 Å². The van der Waals surface area contributed by atoms with Crippen LogP contribution in [0.2, 0.25) is 0 Å². The third kappa shape index (κ3) is 24.1. The average molecular weight is 514 g/mol. The second-order valence-corrected chi connectivity index (χ2v) is 9.78. The summed E-state index contributed by atoms with van der Waals surface area (Å²) in [5.41, 5.74) is 11.3. The Hall–Kier alpha value is -2.02. The van der Waals surface area contributed by atoms with E-state index in [9.17, 15) is 0 Å². The summed E-state index contributed by atoms with van der Waals surface area (Å²) in [7, 11) is 0. The first-order valence-electron chi connectivity index (χ1n) is 14.9. The molecule has 0 aromatic heterocycles. The van der Waals surface area contributed by atoms with Crippen molar-refractivity contribution in [3.63, 3.8) is 0 Å². The summed E-state index contributed by atoms with van der Waals surface area (Å²) >= 11 is 0. The van der Waals surface area contributed by atoms with Crippen molar-refractivity contribution in [3.05, 3.63) is 83.6 Å². The van der Waals surface area contributed by atoms with Crippen LogP contribution in [0.25, 0.3) is 0 Å². The Morgan fingerprint density at radius 2 is 1.38 bits per heavy atom. The van der Waals surface area contributed by atoms with Crippen LogP contribution in [0.4, 0.5) is 0 Å². The van der Waals surface area contributed by atoms with Crippen molar-refractivity contribution in [2.75, 3.05) is 0 Å². The quantitative estimate of drug-likeness (QED) is 0.244. The number of nitrogens with two attached hydrogens (primary N) is 1. The van der Waals surface area contributed by atoms with E-state index in [-0.39, 0.29) is 0 Å². The molecule has 2 atom stereocenters. The van der Waals surface area contributed by atoms with E-state index in [1.807, 2.05) is 41.5 Å². The van der Waals surface area contributed by atoms with Gasteiger partial charge in [0.1, 0.15) is 0 Å². The summed E-state index contributed by atoms with van der Waals surface area (Å²) in [5, 5.41) is 0. The van der Waals surface area contributed by atoms with Crippen LogP contribution in [0.3, 0.4) is 0 Å². The lowest BCUT2D eigenvalue weighted by Gasteiger charge is -2.30. The number of benzene rings is 1. The predicted molar refractivity (Wildman–Crippen MR) is 176 cm³/mol. The lowest BCUT2D eigenvalue weighted by Crippen LogP contribution is -2.17. The van der Waals surface area contributed by atoms with Gasteiger partial charge in [-0.15, -0.1) is 6.58 Å². The maximum Gasteiger partial charge on any atom is 0.00110 e. The van der Waals surface area contributed by atoms with E-state index >= 15 is 0 Å². The van der Waals surface area contributed by atoms with Crippen molar-refractivity contribution in [2.24, 2.45) is 17.1 Å². The topological polar surface area (TPSA) is 26.0 Å². The van der Waals surface area contributed by atoms with Gasteiger partial charge in [0.25, 0.3) is 0 Å². The van der Waals surface area contributed by atoms with Crippen LogP contribution in [-0.2, 0) is 0 Å². The fourth-order valence-electron chi connectivity index (χ4n) is 4.17. The predicted octanol–water partition coefficient (Wildman–Crippen LogP) is 12.3. The van der Waals surface area contributed by atoms with Gasteiger partial charge in [-0.25, -0.2) is 0 Å². The van der Waals surface area contributed by atoms with Gasteiger partial charge in [-0.3, -0.25) is 0 Å². The molecule has 2 N–H and O–H groups in total. The Labute approximate surface area is 235 Å². The maximum absolute atomic E-state index is 5.69. The molecule has 1 heteroatoms. The summed E-state index contributed by atoms with van der Waals surface area (Å²) in [6.07, 6.45) is 16.7. The summed E-state index contributed by atoms with van der Waals surface area (Å²) in [6, 6.07) is 8.82. The van der Waals surface area contributed by atoms with Crippen molar-refractivity contribution in [1.29, 1.82) is 0 Å². The van der Waals surface area contributed by atoms with Crippen LogP contribution in [0.15, 0.2) is 72.5 Å². The SMILES string of the molecule is C/C(N)=C/C(C)CC(C)c1ccc(C)cc1.C/C=C\C=C(/C)C(C)(CCC)CCC.C=CC.CC.CC. The van der Waals surface area contributed by atoms with E-state index in [2.05, 4.69) is 111 Å². The first kappa shape index (κ1) is 42.1. The van der Waals surface area contributed by atoms with Gasteiger partial charge in [0.15, 0.2) is 0 Å². The summed E-state index contributed by atoms with van der Waals surface area (Å²) in [4.78, 5) is 0. The highest BCUT2D eigenvalue weighted by Crippen LogP contribution is 2.36. The van der Waals surface area contributed by atoms with Crippen molar-refractivity contribution in [2.45, 2.75) is 135 Å². The highest BCUT2D eigenvalue weighted by Gasteiger charge is 2.23. The normalized spacial score (nSPS) is 12.8. The third-order valence-corrected chi connectivity index (χ3v) is 6.01.